The lowest BCUT2D eigenvalue weighted by molar-refractivity contribution is -0.138. The molecule has 0 saturated carbocycles. The average molecular weight is 482 g/mol. The van der Waals surface area contributed by atoms with E-state index in [1.807, 2.05) is 0 Å². The lowest BCUT2D eigenvalue weighted by Gasteiger charge is -2.40. The highest BCUT2D eigenvalue weighted by Crippen LogP contribution is 2.31. The Kier molecular flexibility index (Phi) is 8.72. The molecule has 0 aromatic heterocycles. The number of aliphatic hydroxyl groups excluding tert-OH is 1. The van der Waals surface area contributed by atoms with Gasteiger partial charge >= 0.3 is 18.2 Å². The second kappa shape index (κ2) is 10.9. The van der Waals surface area contributed by atoms with Crippen molar-refractivity contribution in [3.05, 3.63) is 71.3 Å². The predicted octanol–water partition coefficient (Wildman–Crippen LogP) is 4.98. The fraction of sp³-hybridized carbons (Fsp3) is 0.440. The van der Waals surface area contributed by atoms with Gasteiger partial charge in [-0.3, -0.25) is 4.79 Å². The van der Waals surface area contributed by atoms with Gasteiger partial charge in [0.05, 0.1) is 17.2 Å². The Labute approximate surface area is 196 Å². The minimum Gasteiger partial charge on any atom is -0.481 e. The van der Waals surface area contributed by atoms with E-state index in [2.05, 4.69) is 5.32 Å². The molecule has 2 atom stereocenters. The van der Waals surface area contributed by atoms with Crippen LogP contribution in [0.4, 0.5) is 18.0 Å². The maximum absolute atomic E-state index is 13.0. The average Bonchev–Trinajstić information content (AvgIpc) is 2.70. The second-order valence-electron chi connectivity index (χ2n) is 9.27. The minimum atomic E-state index is -4.50. The summed E-state index contributed by atoms with van der Waals surface area (Å²) in [5.74, 6) is -1.13. The van der Waals surface area contributed by atoms with Crippen molar-refractivity contribution in [2.45, 2.75) is 69.9 Å². The molecule has 0 spiro atoms. The van der Waals surface area contributed by atoms with E-state index in [1.54, 1.807) is 51.1 Å². The van der Waals surface area contributed by atoms with E-state index in [0.717, 1.165) is 17.7 Å². The number of nitrogens with one attached hydrogen (secondary N) is 1. The summed E-state index contributed by atoms with van der Waals surface area (Å²) >= 11 is 0. The van der Waals surface area contributed by atoms with Crippen LogP contribution in [0.3, 0.4) is 0 Å². The number of amides is 1. The summed E-state index contributed by atoms with van der Waals surface area (Å²) < 4.78 is 44.4. The number of aliphatic carboxylic acids is 1. The Bertz CT molecular complexity index is 955. The third-order valence-electron chi connectivity index (χ3n) is 5.18. The van der Waals surface area contributed by atoms with Gasteiger partial charge in [0.1, 0.15) is 5.60 Å². The molecule has 0 aliphatic heterocycles. The van der Waals surface area contributed by atoms with Crippen LogP contribution in [0.15, 0.2) is 54.6 Å². The fourth-order valence-electron chi connectivity index (χ4n) is 3.65. The number of carbonyl (C=O) groups is 2. The van der Waals surface area contributed by atoms with Crippen LogP contribution in [0, 0.1) is 0 Å². The second-order valence-corrected chi connectivity index (χ2v) is 9.27. The summed E-state index contributed by atoms with van der Waals surface area (Å²) in [6.45, 7) is 5.01. The summed E-state index contributed by atoms with van der Waals surface area (Å²) in [6, 6.07) is 13.3. The maximum Gasteiger partial charge on any atom is 0.416 e. The molecule has 6 nitrogen and oxygen atoms in total. The smallest absolute Gasteiger partial charge is 0.416 e. The normalized spacial score (nSPS) is 14.7. The molecule has 2 rings (SSSR count). The summed E-state index contributed by atoms with van der Waals surface area (Å²) in [4.78, 5) is 23.9. The van der Waals surface area contributed by atoms with Crippen molar-refractivity contribution in [1.82, 2.24) is 5.32 Å². The number of hydrogen-bond donors (Lipinski definition) is 3. The van der Waals surface area contributed by atoms with Crippen LogP contribution in [-0.2, 0) is 28.5 Å². The van der Waals surface area contributed by atoms with Crippen LogP contribution >= 0.6 is 0 Å². The number of carboxylic acids is 1. The Hall–Kier alpha value is -3.07. The van der Waals surface area contributed by atoms with E-state index < -0.39 is 41.0 Å². The zero-order chi connectivity index (χ0) is 25.6. The van der Waals surface area contributed by atoms with Crippen molar-refractivity contribution in [3.63, 3.8) is 0 Å². The third-order valence-corrected chi connectivity index (χ3v) is 5.18. The highest BCUT2D eigenvalue weighted by molar-refractivity contribution is 5.69. The van der Waals surface area contributed by atoms with Gasteiger partial charge in [0.25, 0.3) is 0 Å². The van der Waals surface area contributed by atoms with Gasteiger partial charge in [-0.25, -0.2) is 4.79 Å². The van der Waals surface area contributed by atoms with E-state index in [1.165, 1.54) is 12.1 Å². The first-order chi connectivity index (χ1) is 15.7. The van der Waals surface area contributed by atoms with Gasteiger partial charge in [-0.2, -0.15) is 13.2 Å². The van der Waals surface area contributed by atoms with Gasteiger partial charge in [0.2, 0.25) is 0 Å². The number of alkyl carbamates (subject to hydrolysis) is 1. The van der Waals surface area contributed by atoms with E-state index in [9.17, 15) is 27.9 Å². The van der Waals surface area contributed by atoms with E-state index in [0.29, 0.717) is 5.56 Å². The molecule has 34 heavy (non-hydrogen) atoms. The van der Waals surface area contributed by atoms with Gasteiger partial charge in [0, 0.05) is 6.42 Å². The monoisotopic (exact) mass is 481 g/mol. The Morgan fingerprint density at radius 1 is 0.941 bits per heavy atom. The van der Waals surface area contributed by atoms with E-state index in [-0.39, 0.29) is 25.7 Å². The topological polar surface area (TPSA) is 95.9 Å². The van der Waals surface area contributed by atoms with Crippen LogP contribution in [0.5, 0.6) is 0 Å². The van der Waals surface area contributed by atoms with Crippen molar-refractivity contribution in [1.29, 1.82) is 0 Å². The van der Waals surface area contributed by atoms with Crippen LogP contribution in [-0.4, -0.2) is 39.5 Å². The Morgan fingerprint density at radius 2 is 1.47 bits per heavy atom. The third kappa shape index (κ3) is 8.37. The molecule has 0 aliphatic carbocycles. The highest BCUT2D eigenvalue weighted by atomic mass is 19.4. The molecule has 2 aromatic rings. The lowest BCUT2D eigenvalue weighted by Crippen LogP contribution is -2.60. The standard InChI is InChI=1S/C25H30F3NO5/c1-23(2,3)34-22(33)29-24(20(30)13-14-21(31)32,15-17-7-5-4-6-8-17)16-18-9-11-19(12-10-18)25(26,27)28/h4-12,20,30H,13-16H2,1-3H3,(H,29,33)(H,31,32)/t20-,24?/m0/s1. The van der Waals surface area contributed by atoms with Crippen molar-refractivity contribution < 1.29 is 37.7 Å². The predicted molar refractivity (Wildman–Crippen MR) is 120 cm³/mol. The maximum atomic E-state index is 13.0. The molecule has 1 amide bonds. The zero-order valence-electron chi connectivity index (χ0n) is 19.4. The molecule has 186 valence electrons. The largest absolute Gasteiger partial charge is 0.481 e. The Balaban J connectivity index is 2.49. The summed E-state index contributed by atoms with van der Waals surface area (Å²) in [5.41, 5.74) is -1.95. The van der Waals surface area contributed by atoms with Crippen LogP contribution in [0.25, 0.3) is 0 Å². The number of rotatable bonds is 9. The molecular weight excluding hydrogens is 451 g/mol. The fourth-order valence-corrected chi connectivity index (χ4v) is 3.65. The van der Waals surface area contributed by atoms with E-state index >= 15 is 0 Å². The van der Waals surface area contributed by atoms with Gasteiger partial charge in [-0.05, 0) is 63.3 Å². The summed E-state index contributed by atoms with van der Waals surface area (Å²) in [6.07, 6.45) is -7.17. The molecule has 0 saturated heterocycles. The number of alkyl halides is 3. The van der Waals surface area contributed by atoms with Crippen molar-refractivity contribution >= 4 is 12.1 Å². The number of hydrogen-bond acceptors (Lipinski definition) is 4. The summed E-state index contributed by atoms with van der Waals surface area (Å²) in [7, 11) is 0. The minimum absolute atomic E-state index is 0.0555. The van der Waals surface area contributed by atoms with Gasteiger partial charge < -0.3 is 20.3 Å². The first-order valence-electron chi connectivity index (χ1n) is 10.8. The Morgan fingerprint density at radius 3 is 1.94 bits per heavy atom. The first kappa shape index (κ1) is 27.2. The van der Waals surface area contributed by atoms with Gasteiger partial charge in [0.15, 0.2) is 0 Å². The molecule has 0 aliphatic rings. The molecule has 0 bridgehead atoms. The van der Waals surface area contributed by atoms with Crippen molar-refractivity contribution in [2.24, 2.45) is 0 Å². The lowest BCUT2D eigenvalue weighted by atomic mass is 9.78. The van der Waals surface area contributed by atoms with Gasteiger partial charge in [-0.1, -0.05) is 42.5 Å². The first-order valence-corrected chi connectivity index (χ1v) is 10.8. The SMILES string of the molecule is CC(C)(C)OC(=O)NC(Cc1ccccc1)(Cc1ccc(C(F)(F)F)cc1)[C@@H](O)CCC(=O)O. The van der Waals surface area contributed by atoms with Crippen LogP contribution < -0.4 is 5.32 Å². The van der Waals surface area contributed by atoms with E-state index in [4.69, 9.17) is 9.84 Å². The molecular formula is C25H30F3NO5. The number of benzene rings is 2. The molecule has 2 aromatic carbocycles. The van der Waals surface area contributed by atoms with Gasteiger partial charge in [-0.15, -0.1) is 0 Å². The molecule has 9 heteroatoms. The molecule has 1 unspecified atom stereocenters. The molecule has 0 fully saturated rings. The number of carboxylic acid groups (broad SMARTS) is 1. The molecule has 0 radical (unpaired) electrons. The molecule has 0 heterocycles. The van der Waals surface area contributed by atoms with Crippen LogP contribution in [0.1, 0.15) is 50.3 Å². The van der Waals surface area contributed by atoms with Crippen LogP contribution in [0.2, 0.25) is 0 Å². The van der Waals surface area contributed by atoms with Crippen molar-refractivity contribution in [3.8, 4) is 0 Å². The van der Waals surface area contributed by atoms with Crippen molar-refractivity contribution in [2.75, 3.05) is 0 Å². The number of carbonyl (C=O) groups excluding carboxylic acids is 1. The zero-order valence-corrected chi connectivity index (χ0v) is 19.4. The quantitative estimate of drug-likeness (QED) is 0.470. The summed E-state index contributed by atoms with van der Waals surface area (Å²) in [5, 5.41) is 23.0. The number of ether oxygens (including phenoxy) is 1. The number of aliphatic hydroxyl groups is 1. The molecule has 3 N–H and O–H groups in total. The highest BCUT2D eigenvalue weighted by Gasteiger charge is 2.41. The number of halogens is 3.